The summed E-state index contributed by atoms with van der Waals surface area (Å²) in [6, 6.07) is 10.7. The molecule has 1 aromatic carbocycles. The van der Waals surface area contributed by atoms with E-state index in [0.29, 0.717) is 35.6 Å². The van der Waals surface area contributed by atoms with Crippen LogP contribution in [0.1, 0.15) is 23.2 Å². The SMILES string of the molecule is COc1ccccc1Cc1noc(C2CN(S(=O)(=O)c3ccc(Cl)s3)C2)n1. The number of sulfonamides is 1. The zero-order valence-corrected chi connectivity index (χ0v) is 16.7. The highest BCUT2D eigenvalue weighted by Gasteiger charge is 2.41. The zero-order valence-electron chi connectivity index (χ0n) is 14.3. The maximum Gasteiger partial charge on any atom is 0.252 e. The normalized spacial score (nSPS) is 15.6. The molecule has 0 bridgehead atoms. The first-order valence-corrected chi connectivity index (χ1v) is 10.8. The maximum absolute atomic E-state index is 12.5. The molecule has 4 rings (SSSR count). The molecule has 142 valence electrons. The van der Waals surface area contributed by atoms with Gasteiger partial charge in [0.1, 0.15) is 9.96 Å². The highest BCUT2D eigenvalue weighted by molar-refractivity contribution is 7.91. The van der Waals surface area contributed by atoms with Gasteiger partial charge in [0.2, 0.25) is 5.89 Å². The van der Waals surface area contributed by atoms with Gasteiger partial charge in [-0.2, -0.15) is 9.29 Å². The number of hydrogen-bond acceptors (Lipinski definition) is 7. The molecular weight excluding hydrogens is 410 g/mol. The molecule has 0 unspecified atom stereocenters. The van der Waals surface area contributed by atoms with Crippen LogP contribution in [0, 0.1) is 0 Å². The third kappa shape index (κ3) is 3.60. The van der Waals surface area contributed by atoms with Gasteiger partial charge in [0.05, 0.1) is 17.4 Å². The van der Waals surface area contributed by atoms with E-state index in [2.05, 4.69) is 10.1 Å². The lowest BCUT2D eigenvalue weighted by Crippen LogP contribution is -2.48. The number of para-hydroxylation sites is 1. The van der Waals surface area contributed by atoms with Gasteiger partial charge in [0, 0.05) is 25.1 Å². The van der Waals surface area contributed by atoms with E-state index in [4.69, 9.17) is 20.9 Å². The smallest absolute Gasteiger partial charge is 0.252 e. The molecule has 0 saturated carbocycles. The second-order valence-corrected chi connectivity index (χ2v) is 9.99. The highest BCUT2D eigenvalue weighted by Crippen LogP contribution is 2.35. The van der Waals surface area contributed by atoms with Crippen molar-refractivity contribution in [3.8, 4) is 5.75 Å². The summed E-state index contributed by atoms with van der Waals surface area (Å²) in [6.07, 6.45) is 0.482. The van der Waals surface area contributed by atoms with E-state index in [1.54, 1.807) is 13.2 Å². The minimum absolute atomic E-state index is 0.103. The first-order chi connectivity index (χ1) is 13.0. The van der Waals surface area contributed by atoms with E-state index in [-0.39, 0.29) is 10.1 Å². The average Bonchev–Trinajstić information content (AvgIpc) is 3.23. The quantitative estimate of drug-likeness (QED) is 0.603. The molecule has 0 aliphatic carbocycles. The van der Waals surface area contributed by atoms with Gasteiger partial charge in [-0.15, -0.1) is 11.3 Å². The minimum atomic E-state index is -3.51. The van der Waals surface area contributed by atoms with Crippen LogP contribution >= 0.6 is 22.9 Å². The molecule has 0 atom stereocenters. The van der Waals surface area contributed by atoms with Crippen LogP contribution in [0.4, 0.5) is 0 Å². The second kappa shape index (κ2) is 7.23. The number of methoxy groups -OCH3 is 1. The summed E-state index contributed by atoms with van der Waals surface area (Å²) >= 11 is 6.89. The summed E-state index contributed by atoms with van der Waals surface area (Å²) in [7, 11) is -1.90. The van der Waals surface area contributed by atoms with Crippen LogP contribution < -0.4 is 4.74 Å². The van der Waals surface area contributed by atoms with Crippen molar-refractivity contribution in [2.75, 3.05) is 20.2 Å². The van der Waals surface area contributed by atoms with E-state index in [0.717, 1.165) is 22.6 Å². The Hall–Kier alpha value is -1.94. The number of thiophene rings is 1. The molecule has 1 aliphatic rings. The molecule has 0 amide bonds. The fraction of sp³-hybridized carbons (Fsp3) is 0.294. The Morgan fingerprint density at radius 2 is 2.07 bits per heavy atom. The van der Waals surface area contributed by atoms with Gasteiger partial charge in [-0.1, -0.05) is 35.0 Å². The van der Waals surface area contributed by atoms with Gasteiger partial charge < -0.3 is 9.26 Å². The predicted molar refractivity (Wildman–Crippen MR) is 101 cm³/mol. The molecule has 10 heteroatoms. The van der Waals surface area contributed by atoms with Crippen LogP contribution in [0.25, 0.3) is 0 Å². The Morgan fingerprint density at radius 3 is 2.78 bits per heavy atom. The molecule has 1 saturated heterocycles. The lowest BCUT2D eigenvalue weighted by molar-refractivity contribution is 0.217. The third-order valence-corrected chi connectivity index (χ3v) is 7.90. The van der Waals surface area contributed by atoms with E-state index >= 15 is 0 Å². The highest BCUT2D eigenvalue weighted by atomic mass is 35.5. The Kier molecular flexibility index (Phi) is 4.94. The van der Waals surface area contributed by atoms with Crippen LogP contribution in [-0.4, -0.2) is 43.1 Å². The fourth-order valence-corrected chi connectivity index (χ4v) is 6.05. The van der Waals surface area contributed by atoms with E-state index in [1.807, 2.05) is 24.3 Å². The van der Waals surface area contributed by atoms with Gasteiger partial charge in [0.15, 0.2) is 5.82 Å². The lowest BCUT2D eigenvalue weighted by atomic mass is 10.0. The second-order valence-electron chi connectivity index (χ2n) is 6.11. The van der Waals surface area contributed by atoms with E-state index in [9.17, 15) is 8.42 Å². The van der Waals surface area contributed by atoms with Crippen LogP contribution in [-0.2, 0) is 16.4 Å². The molecule has 2 aromatic heterocycles. The van der Waals surface area contributed by atoms with Gasteiger partial charge in [-0.05, 0) is 18.2 Å². The van der Waals surface area contributed by atoms with Crippen molar-refractivity contribution in [2.45, 2.75) is 16.5 Å². The van der Waals surface area contributed by atoms with Crippen molar-refractivity contribution in [1.29, 1.82) is 0 Å². The molecule has 0 N–H and O–H groups in total. The van der Waals surface area contributed by atoms with Crippen molar-refractivity contribution >= 4 is 33.0 Å². The van der Waals surface area contributed by atoms with E-state index < -0.39 is 10.0 Å². The van der Waals surface area contributed by atoms with Crippen LogP contribution in [0.5, 0.6) is 5.75 Å². The maximum atomic E-state index is 12.5. The Labute approximate surface area is 165 Å². The summed E-state index contributed by atoms with van der Waals surface area (Å²) < 4.78 is 37.8. The molecular formula is C17H16ClN3O4S2. The molecule has 27 heavy (non-hydrogen) atoms. The Bertz CT molecular complexity index is 1060. The lowest BCUT2D eigenvalue weighted by Gasteiger charge is -2.35. The van der Waals surface area contributed by atoms with Crippen LogP contribution in [0.2, 0.25) is 4.34 Å². The van der Waals surface area contributed by atoms with Crippen molar-refractivity contribution < 1.29 is 17.7 Å². The summed E-state index contributed by atoms with van der Waals surface area (Å²) in [5.41, 5.74) is 0.958. The fourth-order valence-electron chi connectivity index (χ4n) is 2.88. The largest absolute Gasteiger partial charge is 0.496 e. The van der Waals surface area contributed by atoms with Crippen LogP contribution in [0.15, 0.2) is 45.1 Å². The van der Waals surface area contributed by atoms with Gasteiger partial charge in [-0.3, -0.25) is 0 Å². The standard InChI is InChI=1S/C17H16ClN3O4S2/c1-24-13-5-3-2-4-11(13)8-15-19-17(25-20-15)12-9-21(10-12)27(22,23)16-7-6-14(18)26-16/h2-7,12H,8-10H2,1H3. The summed E-state index contributed by atoms with van der Waals surface area (Å²) in [5, 5.41) is 4.01. The number of nitrogens with zero attached hydrogens (tertiary/aromatic N) is 3. The Morgan fingerprint density at radius 1 is 1.30 bits per heavy atom. The number of aromatic nitrogens is 2. The Balaban J connectivity index is 1.42. The van der Waals surface area contributed by atoms with Crippen LogP contribution in [0.3, 0.4) is 0 Å². The van der Waals surface area contributed by atoms with Crippen molar-refractivity contribution in [3.05, 3.63) is 58.0 Å². The average molecular weight is 426 g/mol. The first kappa shape index (κ1) is 18.4. The number of ether oxygens (including phenoxy) is 1. The minimum Gasteiger partial charge on any atom is -0.496 e. The van der Waals surface area contributed by atoms with Gasteiger partial charge in [0.25, 0.3) is 10.0 Å². The summed E-state index contributed by atoms with van der Waals surface area (Å²) in [5.74, 6) is 1.66. The van der Waals surface area contributed by atoms with Crippen molar-refractivity contribution in [2.24, 2.45) is 0 Å². The molecule has 7 nitrogen and oxygen atoms in total. The first-order valence-electron chi connectivity index (χ1n) is 8.17. The number of benzene rings is 1. The molecule has 3 heterocycles. The van der Waals surface area contributed by atoms with Crippen molar-refractivity contribution in [1.82, 2.24) is 14.4 Å². The van der Waals surface area contributed by atoms with E-state index in [1.165, 1.54) is 10.4 Å². The summed E-state index contributed by atoms with van der Waals surface area (Å²) in [4.78, 5) is 4.42. The molecule has 0 spiro atoms. The monoisotopic (exact) mass is 425 g/mol. The molecule has 3 aromatic rings. The summed E-state index contributed by atoms with van der Waals surface area (Å²) in [6.45, 7) is 0.627. The van der Waals surface area contributed by atoms with Crippen molar-refractivity contribution in [3.63, 3.8) is 0 Å². The third-order valence-electron chi connectivity index (χ3n) is 4.36. The van der Waals surface area contributed by atoms with Gasteiger partial charge >= 0.3 is 0 Å². The number of rotatable bonds is 6. The molecule has 1 fully saturated rings. The molecule has 0 radical (unpaired) electrons. The number of hydrogen-bond donors (Lipinski definition) is 0. The zero-order chi connectivity index (χ0) is 19.0. The predicted octanol–water partition coefficient (Wildman–Crippen LogP) is 3.17. The topological polar surface area (TPSA) is 85.5 Å². The van der Waals surface area contributed by atoms with Gasteiger partial charge in [-0.25, -0.2) is 8.42 Å². The number of halogens is 1. The molecule has 1 aliphatic heterocycles.